The van der Waals surface area contributed by atoms with E-state index in [1.807, 2.05) is 12.1 Å². The van der Waals surface area contributed by atoms with Gasteiger partial charge in [0.25, 0.3) is 0 Å². The Kier molecular flexibility index (Phi) is 2.87. The van der Waals surface area contributed by atoms with Gasteiger partial charge in [-0.05, 0) is 37.0 Å². The van der Waals surface area contributed by atoms with Gasteiger partial charge in [0.15, 0.2) is 0 Å². The molecule has 0 amide bonds. The van der Waals surface area contributed by atoms with Gasteiger partial charge in [0.2, 0.25) is 0 Å². The van der Waals surface area contributed by atoms with Crippen molar-refractivity contribution in [2.24, 2.45) is 0 Å². The lowest BCUT2D eigenvalue weighted by Gasteiger charge is -2.03. The molecule has 0 unspecified atom stereocenters. The van der Waals surface area contributed by atoms with E-state index in [4.69, 9.17) is 4.74 Å². The van der Waals surface area contributed by atoms with Crippen molar-refractivity contribution in [3.63, 3.8) is 0 Å². The molecule has 0 radical (unpaired) electrons. The molecule has 1 aliphatic rings. The number of hydrogen-bond donors (Lipinski definition) is 0. The van der Waals surface area contributed by atoms with E-state index >= 15 is 0 Å². The Bertz CT molecular complexity index is 307. The second-order valence-corrected chi connectivity index (χ2v) is 3.70. The zero-order valence-corrected chi connectivity index (χ0v) is 8.57. The van der Waals surface area contributed by atoms with Crippen LogP contribution >= 0.6 is 0 Å². The Balaban J connectivity index is 1.97. The molecule has 1 saturated carbocycles. The fourth-order valence-electron chi connectivity index (χ4n) is 1.29. The number of ether oxygens (including phenoxy) is 1. The average Bonchev–Trinajstić information content (AvgIpc) is 3.01. The van der Waals surface area contributed by atoms with Crippen molar-refractivity contribution >= 4 is 6.08 Å². The Labute approximate surface area is 85.4 Å². The predicted octanol–water partition coefficient (Wildman–Crippen LogP) is 3.65. The third-order valence-electron chi connectivity index (χ3n) is 2.25. The highest BCUT2D eigenvalue weighted by atomic mass is 16.5. The molecule has 1 aliphatic carbocycles. The third-order valence-corrected chi connectivity index (χ3v) is 2.25. The maximum Gasteiger partial charge on any atom is 0.119 e. The van der Waals surface area contributed by atoms with Crippen molar-refractivity contribution in [3.8, 4) is 5.75 Å². The van der Waals surface area contributed by atoms with Gasteiger partial charge in [-0.3, -0.25) is 0 Å². The molecule has 1 aromatic rings. The van der Waals surface area contributed by atoms with E-state index in [1.165, 1.54) is 18.4 Å². The van der Waals surface area contributed by atoms with Gasteiger partial charge in [-0.15, -0.1) is 0 Å². The van der Waals surface area contributed by atoms with Crippen LogP contribution in [0.3, 0.4) is 0 Å². The van der Waals surface area contributed by atoms with Crippen molar-refractivity contribution < 1.29 is 4.74 Å². The van der Waals surface area contributed by atoms with Crippen molar-refractivity contribution in [3.05, 3.63) is 35.9 Å². The molecule has 0 N–H and O–H groups in total. The second-order valence-electron chi connectivity index (χ2n) is 3.70. The van der Waals surface area contributed by atoms with Crippen LogP contribution in [0.2, 0.25) is 0 Å². The summed E-state index contributed by atoms with van der Waals surface area (Å²) in [6, 6.07) is 8.30. The summed E-state index contributed by atoms with van der Waals surface area (Å²) in [6.45, 7) is 2.14. The van der Waals surface area contributed by atoms with Crippen molar-refractivity contribution in [1.29, 1.82) is 0 Å². The monoisotopic (exact) mass is 188 g/mol. The van der Waals surface area contributed by atoms with Gasteiger partial charge >= 0.3 is 0 Å². The molecule has 14 heavy (non-hydrogen) atoms. The summed E-state index contributed by atoms with van der Waals surface area (Å²) in [5.74, 6) is 1.00. The minimum atomic E-state index is 0.493. The van der Waals surface area contributed by atoms with Crippen molar-refractivity contribution in [2.75, 3.05) is 0 Å². The molecule has 0 saturated heterocycles. The Morgan fingerprint density at radius 2 is 2.00 bits per heavy atom. The standard InChI is InChI=1S/C13H16O/c1-2-3-4-11-5-7-12(8-6-11)14-13-9-10-13/h3-8,13H,2,9-10H2,1H3/b4-3+. The van der Waals surface area contributed by atoms with Crippen LogP contribution in [0.15, 0.2) is 30.3 Å². The lowest BCUT2D eigenvalue weighted by molar-refractivity contribution is 0.303. The average molecular weight is 188 g/mol. The van der Waals surface area contributed by atoms with Gasteiger partial charge in [-0.1, -0.05) is 31.2 Å². The maximum atomic E-state index is 5.66. The summed E-state index contributed by atoms with van der Waals surface area (Å²) in [5.41, 5.74) is 1.25. The summed E-state index contributed by atoms with van der Waals surface area (Å²) >= 11 is 0. The quantitative estimate of drug-likeness (QED) is 0.700. The van der Waals surface area contributed by atoms with Crippen LogP contribution in [0.25, 0.3) is 6.08 Å². The van der Waals surface area contributed by atoms with Crippen LogP contribution in [0.1, 0.15) is 31.7 Å². The zero-order chi connectivity index (χ0) is 9.80. The number of benzene rings is 1. The van der Waals surface area contributed by atoms with E-state index in [-0.39, 0.29) is 0 Å². The van der Waals surface area contributed by atoms with E-state index in [2.05, 4.69) is 31.2 Å². The highest BCUT2D eigenvalue weighted by Crippen LogP contribution is 2.26. The fraction of sp³-hybridized carbons (Fsp3) is 0.385. The predicted molar refractivity (Wildman–Crippen MR) is 59.4 cm³/mol. The Hall–Kier alpha value is -1.24. The molecule has 0 heterocycles. The van der Waals surface area contributed by atoms with Gasteiger partial charge < -0.3 is 4.74 Å². The number of hydrogen-bond acceptors (Lipinski definition) is 1. The molecule has 0 atom stereocenters. The SMILES string of the molecule is CC/C=C/c1ccc(OC2CC2)cc1. The first-order valence-corrected chi connectivity index (χ1v) is 5.32. The highest BCUT2D eigenvalue weighted by Gasteiger charge is 2.23. The van der Waals surface area contributed by atoms with Gasteiger partial charge in [-0.25, -0.2) is 0 Å². The van der Waals surface area contributed by atoms with Crippen LogP contribution in [0.4, 0.5) is 0 Å². The second kappa shape index (κ2) is 4.32. The van der Waals surface area contributed by atoms with E-state index in [1.54, 1.807) is 0 Å². The number of allylic oxidation sites excluding steroid dienone is 1. The molecule has 0 bridgehead atoms. The zero-order valence-electron chi connectivity index (χ0n) is 8.57. The Morgan fingerprint density at radius 3 is 2.57 bits per heavy atom. The van der Waals surface area contributed by atoms with Crippen LogP contribution < -0.4 is 4.74 Å². The lowest BCUT2D eigenvalue weighted by atomic mass is 10.2. The van der Waals surface area contributed by atoms with Crippen molar-refractivity contribution in [1.82, 2.24) is 0 Å². The summed E-state index contributed by atoms with van der Waals surface area (Å²) < 4.78 is 5.66. The molecule has 0 aliphatic heterocycles. The minimum Gasteiger partial charge on any atom is -0.490 e. The molecular weight excluding hydrogens is 172 g/mol. The topological polar surface area (TPSA) is 9.23 Å². The summed E-state index contributed by atoms with van der Waals surface area (Å²) in [5, 5.41) is 0. The van der Waals surface area contributed by atoms with Gasteiger partial charge in [0, 0.05) is 0 Å². The van der Waals surface area contributed by atoms with Gasteiger partial charge in [-0.2, -0.15) is 0 Å². The largest absolute Gasteiger partial charge is 0.490 e. The minimum absolute atomic E-state index is 0.493. The molecular formula is C13H16O. The van der Waals surface area contributed by atoms with Crippen molar-refractivity contribution in [2.45, 2.75) is 32.3 Å². The van der Waals surface area contributed by atoms with E-state index in [0.717, 1.165) is 12.2 Å². The molecule has 1 aromatic carbocycles. The first kappa shape index (κ1) is 9.32. The van der Waals surface area contributed by atoms with Gasteiger partial charge in [0.05, 0.1) is 6.10 Å². The first-order chi connectivity index (χ1) is 6.88. The summed E-state index contributed by atoms with van der Waals surface area (Å²) in [6.07, 6.45) is 8.32. The van der Waals surface area contributed by atoms with E-state index in [9.17, 15) is 0 Å². The highest BCUT2D eigenvalue weighted by molar-refractivity contribution is 5.50. The van der Waals surface area contributed by atoms with Crippen LogP contribution in [-0.4, -0.2) is 6.10 Å². The molecule has 0 spiro atoms. The van der Waals surface area contributed by atoms with E-state index in [0.29, 0.717) is 6.10 Å². The lowest BCUT2D eigenvalue weighted by Crippen LogP contribution is -1.94. The fourth-order valence-corrected chi connectivity index (χ4v) is 1.29. The molecule has 74 valence electrons. The van der Waals surface area contributed by atoms with E-state index < -0.39 is 0 Å². The number of rotatable bonds is 4. The molecule has 2 rings (SSSR count). The first-order valence-electron chi connectivity index (χ1n) is 5.32. The normalized spacial score (nSPS) is 16.1. The maximum absolute atomic E-state index is 5.66. The molecule has 1 nitrogen and oxygen atoms in total. The molecule has 1 heteroatoms. The Morgan fingerprint density at radius 1 is 1.29 bits per heavy atom. The van der Waals surface area contributed by atoms with Crippen LogP contribution in [0.5, 0.6) is 5.75 Å². The third kappa shape index (κ3) is 2.63. The molecule has 1 fully saturated rings. The van der Waals surface area contributed by atoms with Crippen LogP contribution in [0, 0.1) is 0 Å². The van der Waals surface area contributed by atoms with Gasteiger partial charge in [0.1, 0.15) is 5.75 Å². The van der Waals surface area contributed by atoms with Crippen LogP contribution in [-0.2, 0) is 0 Å². The molecule has 0 aromatic heterocycles. The smallest absolute Gasteiger partial charge is 0.119 e. The summed E-state index contributed by atoms with van der Waals surface area (Å²) in [4.78, 5) is 0. The summed E-state index contributed by atoms with van der Waals surface area (Å²) in [7, 11) is 0.